The molecule has 0 fully saturated rings. The smallest absolute Gasteiger partial charge is 0.282 e. The Kier molecular flexibility index (Phi) is 5.90. The van der Waals surface area contributed by atoms with Gasteiger partial charge in [0.1, 0.15) is 11.4 Å². The zero-order chi connectivity index (χ0) is 23.7. The van der Waals surface area contributed by atoms with Crippen molar-refractivity contribution in [3.05, 3.63) is 94.8 Å². The van der Waals surface area contributed by atoms with Gasteiger partial charge in [-0.25, -0.2) is 4.90 Å². The lowest BCUT2D eigenvalue weighted by Crippen LogP contribution is -2.32. The van der Waals surface area contributed by atoms with Gasteiger partial charge in [0.15, 0.2) is 0 Å². The minimum absolute atomic E-state index is 0.281. The normalized spacial score (nSPS) is 13.9. The van der Waals surface area contributed by atoms with Gasteiger partial charge in [-0.1, -0.05) is 56.3 Å². The van der Waals surface area contributed by atoms with Crippen molar-refractivity contribution in [2.24, 2.45) is 5.92 Å². The number of fused-ring (bicyclic) bond motifs is 1. The van der Waals surface area contributed by atoms with Crippen LogP contribution >= 0.6 is 11.3 Å². The van der Waals surface area contributed by atoms with Gasteiger partial charge in [-0.15, -0.1) is 11.3 Å². The molecule has 2 amide bonds. The number of benzene rings is 3. The molecule has 0 saturated carbocycles. The standard InChI is InChI=1S/C28H24N2O3S/c1-18(2)17-33-21-14-12-20(13-15-21)30-27(31)25(24-11-6-16-34-24)26(28(30)32)29-23-10-5-8-19-7-3-4-9-22(19)23/h3-16,18,29H,17H2,1-2H3. The molecule has 0 atom stereocenters. The van der Waals surface area contributed by atoms with E-state index in [1.54, 1.807) is 24.3 Å². The Morgan fingerprint density at radius 2 is 1.65 bits per heavy atom. The Morgan fingerprint density at radius 3 is 2.38 bits per heavy atom. The van der Waals surface area contributed by atoms with Crippen LogP contribution in [-0.2, 0) is 9.59 Å². The third-order valence-corrected chi connectivity index (χ3v) is 6.47. The van der Waals surface area contributed by atoms with Gasteiger partial charge < -0.3 is 10.1 Å². The molecular weight excluding hydrogens is 444 g/mol. The number of hydrogen-bond acceptors (Lipinski definition) is 5. The summed E-state index contributed by atoms with van der Waals surface area (Å²) in [6.07, 6.45) is 0. The van der Waals surface area contributed by atoms with E-state index in [1.165, 1.54) is 16.2 Å². The Hall–Kier alpha value is -3.90. The lowest BCUT2D eigenvalue weighted by atomic mass is 10.1. The van der Waals surface area contributed by atoms with Gasteiger partial charge in [-0.2, -0.15) is 0 Å². The van der Waals surface area contributed by atoms with Crippen molar-refractivity contribution in [1.29, 1.82) is 0 Å². The number of nitrogens with one attached hydrogen (secondary N) is 1. The molecule has 3 aromatic carbocycles. The summed E-state index contributed by atoms with van der Waals surface area (Å²) >= 11 is 1.44. The second kappa shape index (κ2) is 9.15. The Morgan fingerprint density at radius 1 is 0.882 bits per heavy atom. The van der Waals surface area contributed by atoms with Crippen LogP contribution < -0.4 is 15.0 Å². The van der Waals surface area contributed by atoms with Crippen molar-refractivity contribution < 1.29 is 14.3 Å². The zero-order valence-corrected chi connectivity index (χ0v) is 19.8. The summed E-state index contributed by atoms with van der Waals surface area (Å²) in [5.41, 5.74) is 1.95. The van der Waals surface area contributed by atoms with E-state index in [2.05, 4.69) is 19.2 Å². The first kappa shape index (κ1) is 21.9. The third kappa shape index (κ3) is 4.08. The molecule has 170 valence electrons. The van der Waals surface area contributed by atoms with Crippen LogP contribution in [0, 0.1) is 5.92 Å². The predicted octanol–water partition coefficient (Wildman–Crippen LogP) is 6.33. The van der Waals surface area contributed by atoms with E-state index in [4.69, 9.17) is 4.74 Å². The highest BCUT2D eigenvalue weighted by atomic mass is 32.1. The van der Waals surface area contributed by atoms with Crippen molar-refractivity contribution in [3.63, 3.8) is 0 Å². The molecule has 5 nitrogen and oxygen atoms in total. The number of anilines is 2. The summed E-state index contributed by atoms with van der Waals surface area (Å²) < 4.78 is 5.75. The molecule has 1 aromatic heterocycles. The first-order valence-electron chi connectivity index (χ1n) is 11.2. The van der Waals surface area contributed by atoms with Gasteiger partial charge in [0, 0.05) is 16.0 Å². The molecule has 4 aromatic rings. The fourth-order valence-corrected chi connectivity index (χ4v) is 4.72. The molecule has 0 saturated heterocycles. The van der Waals surface area contributed by atoms with Crippen molar-refractivity contribution in [1.82, 2.24) is 0 Å². The fraction of sp³-hybridized carbons (Fsp3) is 0.143. The minimum Gasteiger partial charge on any atom is -0.493 e. The number of thiophene rings is 1. The number of carbonyl (C=O) groups excluding carboxylic acids is 2. The first-order valence-corrected chi connectivity index (χ1v) is 12.1. The molecule has 6 heteroatoms. The van der Waals surface area contributed by atoms with Gasteiger partial charge >= 0.3 is 0 Å². The van der Waals surface area contributed by atoms with E-state index < -0.39 is 0 Å². The zero-order valence-electron chi connectivity index (χ0n) is 18.9. The van der Waals surface area contributed by atoms with Gasteiger partial charge in [0.25, 0.3) is 11.8 Å². The largest absolute Gasteiger partial charge is 0.493 e. The SMILES string of the molecule is CC(C)COc1ccc(N2C(=O)C(Nc3cccc4ccccc34)=C(c3cccs3)C2=O)cc1. The van der Waals surface area contributed by atoms with Crippen molar-refractivity contribution in [2.75, 3.05) is 16.8 Å². The van der Waals surface area contributed by atoms with Crippen molar-refractivity contribution in [3.8, 4) is 5.75 Å². The predicted molar refractivity (Wildman–Crippen MR) is 138 cm³/mol. The highest BCUT2D eigenvalue weighted by molar-refractivity contribution is 7.11. The maximum Gasteiger partial charge on any atom is 0.282 e. The monoisotopic (exact) mass is 468 g/mol. The van der Waals surface area contributed by atoms with Crippen LogP contribution in [0.5, 0.6) is 5.75 Å². The Bertz CT molecular complexity index is 1380. The molecule has 0 spiro atoms. The molecule has 0 bridgehead atoms. The van der Waals surface area contributed by atoms with E-state index in [0.29, 0.717) is 29.5 Å². The summed E-state index contributed by atoms with van der Waals surface area (Å²) in [6, 6.07) is 24.6. The van der Waals surface area contributed by atoms with Gasteiger partial charge in [-0.3, -0.25) is 9.59 Å². The number of hydrogen-bond donors (Lipinski definition) is 1. The third-order valence-electron chi connectivity index (χ3n) is 5.58. The maximum atomic E-state index is 13.6. The van der Waals surface area contributed by atoms with Crippen LogP contribution in [0.15, 0.2) is 89.9 Å². The van der Waals surface area contributed by atoms with Crippen LogP contribution in [0.2, 0.25) is 0 Å². The molecule has 1 aliphatic heterocycles. The van der Waals surface area contributed by atoms with Crippen molar-refractivity contribution >= 4 is 50.9 Å². The average molecular weight is 469 g/mol. The second-order valence-corrected chi connectivity index (χ2v) is 9.47. The van der Waals surface area contributed by atoms with Gasteiger partial charge in [-0.05, 0) is 53.1 Å². The molecule has 34 heavy (non-hydrogen) atoms. The van der Waals surface area contributed by atoms with Crippen LogP contribution in [0.1, 0.15) is 18.7 Å². The van der Waals surface area contributed by atoms with Gasteiger partial charge in [0.2, 0.25) is 0 Å². The molecule has 1 N–H and O–H groups in total. The molecule has 1 aliphatic rings. The van der Waals surface area contributed by atoms with E-state index >= 15 is 0 Å². The molecule has 0 aliphatic carbocycles. The highest BCUT2D eigenvalue weighted by Gasteiger charge is 2.40. The number of rotatable bonds is 7. The number of ether oxygens (including phenoxy) is 1. The van der Waals surface area contributed by atoms with Crippen LogP contribution in [-0.4, -0.2) is 18.4 Å². The van der Waals surface area contributed by atoms with Crippen molar-refractivity contribution in [2.45, 2.75) is 13.8 Å². The van der Waals surface area contributed by atoms with Gasteiger partial charge in [0.05, 0.1) is 17.9 Å². The molecule has 0 radical (unpaired) electrons. The van der Waals surface area contributed by atoms with Crippen LogP contribution in [0.25, 0.3) is 16.3 Å². The summed E-state index contributed by atoms with van der Waals surface area (Å²) in [6.45, 7) is 4.76. The number of carbonyl (C=O) groups is 2. The molecule has 2 heterocycles. The summed E-state index contributed by atoms with van der Waals surface area (Å²) in [4.78, 5) is 29.2. The fourth-order valence-electron chi connectivity index (χ4n) is 3.95. The van der Waals surface area contributed by atoms with E-state index in [-0.39, 0.29) is 17.5 Å². The highest BCUT2D eigenvalue weighted by Crippen LogP contribution is 2.37. The summed E-state index contributed by atoms with van der Waals surface area (Å²) in [5, 5.41) is 7.23. The average Bonchev–Trinajstić information content (AvgIpc) is 3.45. The lowest BCUT2D eigenvalue weighted by molar-refractivity contribution is -0.120. The Labute approximate surface area is 202 Å². The Balaban J connectivity index is 1.52. The maximum absolute atomic E-state index is 13.6. The summed E-state index contributed by atoms with van der Waals surface area (Å²) in [5.74, 6) is 0.391. The van der Waals surface area contributed by atoms with E-state index in [1.807, 2.05) is 60.0 Å². The van der Waals surface area contributed by atoms with Crippen LogP contribution in [0.4, 0.5) is 11.4 Å². The number of amides is 2. The molecule has 5 rings (SSSR count). The first-order chi connectivity index (χ1) is 16.5. The second-order valence-electron chi connectivity index (χ2n) is 8.52. The molecule has 0 unspecified atom stereocenters. The van der Waals surface area contributed by atoms with Crippen LogP contribution in [0.3, 0.4) is 0 Å². The molecular formula is C28H24N2O3S. The topological polar surface area (TPSA) is 58.6 Å². The lowest BCUT2D eigenvalue weighted by Gasteiger charge is -2.16. The minimum atomic E-state index is -0.378. The number of nitrogens with zero attached hydrogens (tertiary/aromatic N) is 1. The van der Waals surface area contributed by atoms with E-state index in [9.17, 15) is 9.59 Å². The summed E-state index contributed by atoms with van der Waals surface area (Å²) in [7, 11) is 0. The van der Waals surface area contributed by atoms with E-state index in [0.717, 1.165) is 21.3 Å². The number of imide groups is 1. The quantitative estimate of drug-likeness (QED) is 0.322.